The molecule has 0 bridgehead atoms. The molecular formula is C21H23ClN2O5. The molecule has 1 aromatic rings. The first-order valence-electron chi connectivity index (χ1n) is 9.54. The molecule has 7 nitrogen and oxygen atoms in total. The number of hydrogen-bond acceptors (Lipinski definition) is 5. The Morgan fingerprint density at radius 3 is 2.59 bits per heavy atom. The van der Waals surface area contributed by atoms with Gasteiger partial charge < -0.3 is 20.1 Å². The SMILES string of the molecule is CCOC(=O)C1=C(COC(=O)C2CC=CCC2)NC(=O)NC1c1ccc(Cl)cc1. The highest BCUT2D eigenvalue weighted by molar-refractivity contribution is 6.30. The van der Waals surface area contributed by atoms with Gasteiger partial charge in [0.25, 0.3) is 0 Å². The van der Waals surface area contributed by atoms with Gasteiger partial charge in [-0.3, -0.25) is 4.79 Å². The molecule has 2 amide bonds. The maximum Gasteiger partial charge on any atom is 0.338 e. The number of amides is 2. The van der Waals surface area contributed by atoms with Crippen LogP contribution in [0.3, 0.4) is 0 Å². The standard InChI is InChI=1S/C21H23ClN2O5/c1-2-28-20(26)17-16(12-29-19(25)14-6-4-3-5-7-14)23-21(27)24-18(17)13-8-10-15(22)11-9-13/h3-4,8-11,14,18H,2,5-7,12H2,1H3,(H2,23,24,27). The van der Waals surface area contributed by atoms with E-state index in [2.05, 4.69) is 10.6 Å². The Morgan fingerprint density at radius 2 is 1.93 bits per heavy atom. The molecule has 1 aromatic carbocycles. The molecule has 1 aliphatic carbocycles. The van der Waals surface area contributed by atoms with E-state index >= 15 is 0 Å². The Labute approximate surface area is 174 Å². The summed E-state index contributed by atoms with van der Waals surface area (Å²) in [6.45, 7) is 1.65. The zero-order valence-electron chi connectivity index (χ0n) is 16.1. The van der Waals surface area contributed by atoms with Gasteiger partial charge in [0.2, 0.25) is 0 Å². The van der Waals surface area contributed by atoms with Gasteiger partial charge >= 0.3 is 18.0 Å². The zero-order chi connectivity index (χ0) is 20.8. The summed E-state index contributed by atoms with van der Waals surface area (Å²) in [5, 5.41) is 5.84. The summed E-state index contributed by atoms with van der Waals surface area (Å²) >= 11 is 5.95. The van der Waals surface area contributed by atoms with Gasteiger partial charge in [-0.2, -0.15) is 0 Å². The molecule has 1 aliphatic heterocycles. The Bertz CT molecular complexity index is 847. The first kappa shape index (κ1) is 20.9. The average molecular weight is 419 g/mol. The van der Waals surface area contributed by atoms with Gasteiger partial charge in [0.1, 0.15) is 6.61 Å². The third-order valence-corrected chi connectivity index (χ3v) is 5.07. The van der Waals surface area contributed by atoms with Crippen molar-refractivity contribution in [1.82, 2.24) is 10.6 Å². The van der Waals surface area contributed by atoms with Crippen LogP contribution in [0.2, 0.25) is 5.02 Å². The van der Waals surface area contributed by atoms with E-state index in [1.807, 2.05) is 12.2 Å². The largest absolute Gasteiger partial charge is 0.463 e. The molecule has 3 rings (SSSR count). The van der Waals surface area contributed by atoms with Crippen molar-refractivity contribution in [2.24, 2.45) is 5.92 Å². The van der Waals surface area contributed by atoms with Crippen molar-refractivity contribution in [3.63, 3.8) is 0 Å². The predicted octanol–water partition coefficient (Wildman–Crippen LogP) is 3.41. The number of esters is 2. The molecule has 0 radical (unpaired) electrons. The van der Waals surface area contributed by atoms with E-state index in [9.17, 15) is 14.4 Å². The molecule has 154 valence electrons. The van der Waals surface area contributed by atoms with Crippen LogP contribution in [0.15, 0.2) is 47.7 Å². The topological polar surface area (TPSA) is 93.7 Å². The van der Waals surface area contributed by atoms with Crippen LogP contribution >= 0.6 is 11.6 Å². The van der Waals surface area contributed by atoms with E-state index in [4.69, 9.17) is 21.1 Å². The van der Waals surface area contributed by atoms with Crippen LogP contribution in [0.25, 0.3) is 0 Å². The van der Waals surface area contributed by atoms with E-state index in [-0.39, 0.29) is 36.4 Å². The van der Waals surface area contributed by atoms with Gasteiger partial charge in [-0.05, 0) is 43.9 Å². The Hall–Kier alpha value is -2.80. The Balaban J connectivity index is 1.87. The summed E-state index contributed by atoms with van der Waals surface area (Å²) in [5.41, 5.74) is 1.07. The van der Waals surface area contributed by atoms with Gasteiger partial charge in [0.15, 0.2) is 0 Å². The lowest BCUT2D eigenvalue weighted by atomic mass is 9.94. The van der Waals surface area contributed by atoms with Crippen LogP contribution in [0.4, 0.5) is 4.79 Å². The molecule has 0 spiro atoms. The highest BCUT2D eigenvalue weighted by atomic mass is 35.5. The molecule has 2 aliphatic rings. The summed E-state index contributed by atoms with van der Waals surface area (Å²) < 4.78 is 10.6. The molecule has 0 aromatic heterocycles. The number of carbonyl (C=O) groups is 3. The van der Waals surface area contributed by atoms with E-state index in [1.165, 1.54) is 0 Å². The first-order valence-corrected chi connectivity index (χ1v) is 9.92. The highest BCUT2D eigenvalue weighted by Crippen LogP contribution is 2.29. The van der Waals surface area contributed by atoms with Crippen molar-refractivity contribution >= 4 is 29.6 Å². The molecule has 0 saturated carbocycles. The normalized spacial score (nSPS) is 21.2. The second-order valence-corrected chi connectivity index (χ2v) is 7.22. The molecule has 2 N–H and O–H groups in total. The van der Waals surface area contributed by atoms with Gasteiger partial charge in [0, 0.05) is 5.02 Å². The monoisotopic (exact) mass is 418 g/mol. The Kier molecular flexibility index (Phi) is 6.93. The number of benzene rings is 1. The molecule has 1 heterocycles. The van der Waals surface area contributed by atoms with Gasteiger partial charge in [-0.15, -0.1) is 0 Å². The minimum Gasteiger partial charge on any atom is -0.463 e. The lowest BCUT2D eigenvalue weighted by molar-refractivity contribution is -0.148. The molecule has 8 heteroatoms. The van der Waals surface area contributed by atoms with E-state index in [0.29, 0.717) is 17.0 Å². The summed E-state index contributed by atoms with van der Waals surface area (Å²) in [7, 11) is 0. The van der Waals surface area contributed by atoms with Crippen molar-refractivity contribution in [2.45, 2.75) is 32.2 Å². The van der Waals surface area contributed by atoms with Gasteiger partial charge in [-0.1, -0.05) is 35.9 Å². The lowest BCUT2D eigenvalue weighted by Gasteiger charge is -2.29. The maximum absolute atomic E-state index is 12.7. The van der Waals surface area contributed by atoms with Crippen LogP contribution in [0.5, 0.6) is 0 Å². The summed E-state index contributed by atoms with van der Waals surface area (Å²) in [6, 6.07) is 5.54. The second-order valence-electron chi connectivity index (χ2n) is 6.78. The quantitative estimate of drug-likeness (QED) is 0.545. The first-order chi connectivity index (χ1) is 14.0. The predicted molar refractivity (Wildman–Crippen MR) is 107 cm³/mol. The molecule has 0 saturated heterocycles. The number of nitrogens with one attached hydrogen (secondary N) is 2. The number of carbonyl (C=O) groups excluding carboxylic acids is 3. The van der Waals surface area contributed by atoms with Crippen LogP contribution in [-0.4, -0.2) is 31.2 Å². The fourth-order valence-corrected chi connectivity index (χ4v) is 3.48. The van der Waals surface area contributed by atoms with Gasteiger partial charge in [0.05, 0.1) is 29.8 Å². The molecule has 29 heavy (non-hydrogen) atoms. The van der Waals surface area contributed by atoms with Crippen molar-refractivity contribution in [3.05, 3.63) is 58.3 Å². The number of rotatable bonds is 6. The summed E-state index contributed by atoms with van der Waals surface area (Å²) in [4.78, 5) is 37.3. The number of allylic oxidation sites excluding steroid dienone is 2. The molecular weight excluding hydrogens is 396 g/mol. The number of urea groups is 1. The van der Waals surface area contributed by atoms with Crippen molar-refractivity contribution < 1.29 is 23.9 Å². The van der Waals surface area contributed by atoms with E-state index in [0.717, 1.165) is 12.8 Å². The smallest absolute Gasteiger partial charge is 0.338 e. The second kappa shape index (κ2) is 9.60. The molecule has 0 fully saturated rings. The van der Waals surface area contributed by atoms with Crippen LogP contribution in [0.1, 0.15) is 37.8 Å². The molecule has 2 atom stereocenters. The minimum absolute atomic E-state index is 0.172. The van der Waals surface area contributed by atoms with Crippen molar-refractivity contribution in [2.75, 3.05) is 13.2 Å². The molecule has 2 unspecified atom stereocenters. The number of hydrogen-bond donors (Lipinski definition) is 2. The highest BCUT2D eigenvalue weighted by Gasteiger charge is 2.34. The van der Waals surface area contributed by atoms with Crippen molar-refractivity contribution in [1.29, 1.82) is 0 Å². The van der Waals surface area contributed by atoms with Crippen LogP contribution in [-0.2, 0) is 19.1 Å². The fraction of sp³-hybridized carbons (Fsp3) is 0.381. The van der Waals surface area contributed by atoms with E-state index < -0.39 is 18.0 Å². The Morgan fingerprint density at radius 1 is 1.17 bits per heavy atom. The third kappa shape index (κ3) is 5.17. The minimum atomic E-state index is -0.744. The van der Waals surface area contributed by atoms with Crippen LogP contribution in [0, 0.1) is 5.92 Å². The fourth-order valence-electron chi connectivity index (χ4n) is 3.36. The van der Waals surface area contributed by atoms with Crippen LogP contribution < -0.4 is 10.6 Å². The van der Waals surface area contributed by atoms with Crippen molar-refractivity contribution in [3.8, 4) is 0 Å². The third-order valence-electron chi connectivity index (χ3n) is 4.81. The maximum atomic E-state index is 12.7. The zero-order valence-corrected chi connectivity index (χ0v) is 16.8. The average Bonchev–Trinajstić information content (AvgIpc) is 2.72. The number of halogens is 1. The number of ether oxygens (including phenoxy) is 2. The summed E-state index contributed by atoms with van der Waals surface area (Å²) in [6.07, 6.45) is 6.18. The lowest BCUT2D eigenvalue weighted by Crippen LogP contribution is -2.47. The summed E-state index contributed by atoms with van der Waals surface area (Å²) in [5.74, 6) is -1.15. The van der Waals surface area contributed by atoms with E-state index in [1.54, 1.807) is 31.2 Å². The van der Waals surface area contributed by atoms with Gasteiger partial charge in [-0.25, -0.2) is 9.59 Å².